The average Bonchev–Trinajstić information content (AvgIpc) is 2.79. The van der Waals surface area contributed by atoms with Crippen LogP contribution in [0.4, 0.5) is 0 Å². The number of methoxy groups -OCH3 is 1. The van der Waals surface area contributed by atoms with Crippen LogP contribution in [-0.4, -0.2) is 16.9 Å². The lowest BCUT2D eigenvalue weighted by Gasteiger charge is -2.13. The maximum atomic E-state index is 6.28. The Morgan fingerprint density at radius 1 is 1.38 bits per heavy atom. The van der Waals surface area contributed by atoms with Gasteiger partial charge in [-0.05, 0) is 19.9 Å². The van der Waals surface area contributed by atoms with Crippen LogP contribution in [0.1, 0.15) is 23.9 Å². The number of hydrogen-bond donors (Lipinski definition) is 1. The van der Waals surface area contributed by atoms with Gasteiger partial charge in [-0.1, -0.05) is 17.7 Å². The lowest BCUT2D eigenvalue weighted by atomic mass is 10.2. The van der Waals surface area contributed by atoms with E-state index in [-0.39, 0.29) is 0 Å². The quantitative estimate of drug-likeness (QED) is 0.891. The van der Waals surface area contributed by atoms with E-state index in [1.54, 1.807) is 7.11 Å². The first-order valence-corrected chi connectivity index (χ1v) is 7.20. The highest BCUT2D eigenvalue weighted by molar-refractivity contribution is 6.31. The SMILES string of the molecule is CCn1nc(C)c(Cl)c1COc1cc(OC)ccc1CN. The maximum absolute atomic E-state index is 6.28. The topological polar surface area (TPSA) is 62.3 Å². The minimum atomic E-state index is 0.341. The lowest BCUT2D eigenvalue weighted by molar-refractivity contribution is 0.287. The standard InChI is InChI=1S/C15H20ClN3O2/c1-4-19-13(15(16)10(2)18-19)9-21-14-7-12(20-3)6-5-11(14)8-17/h5-7H,4,8-9,17H2,1-3H3. The summed E-state index contributed by atoms with van der Waals surface area (Å²) >= 11 is 6.28. The molecule has 0 aliphatic heterocycles. The minimum Gasteiger partial charge on any atom is -0.497 e. The Morgan fingerprint density at radius 2 is 2.14 bits per heavy atom. The molecule has 114 valence electrons. The summed E-state index contributed by atoms with van der Waals surface area (Å²) < 4.78 is 12.9. The Bertz CT molecular complexity index is 626. The summed E-state index contributed by atoms with van der Waals surface area (Å²) in [7, 11) is 1.62. The maximum Gasteiger partial charge on any atom is 0.131 e. The van der Waals surface area contributed by atoms with Gasteiger partial charge >= 0.3 is 0 Å². The predicted octanol–water partition coefficient (Wildman–Crippen LogP) is 2.91. The molecule has 1 aromatic carbocycles. The van der Waals surface area contributed by atoms with Gasteiger partial charge in [0.15, 0.2) is 0 Å². The van der Waals surface area contributed by atoms with Crippen molar-refractivity contribution in [3.63, 3.8) is 0 Å². The van der Waals surface area contributed by atoms with Crippen molar-refractivity contribution in [1.82, 2.24) is 9.78 Å². The molecule has 2 rings (SSSR count). The zero-order valence-electron chi connectivity index (χ0n) is 12.5. The van der Waals surface area contributed by atoms with E-state index < -0.39 is 0 Å². The van der Waals surface area contributed by atoms with Crippen molar-refractivity contribution in [3.8, 4) is 11.5 Å². The van der Waals surface area contributed by atoms with E-state index in [0.717, 1.165) is 29.2 Å². The van der Waals surface area contributed by atoms with Crippen LogP contribution in [0, 0.1) is 6.92 Å². The summed E-state index contributed by atoms with van der Waals surface area (Å²) in [5.41, 5.74) is 8.33. The number of hydrogen-bond acceptors (Lipinski definition) is 4. The molecule has 1 heterocycles. The van der Waals surface area contributed by atoms with Crippen LogP contribution in [0.2, 0.25) is 5.02 Å². The van der Waals surface area contributed by atoms with Crippen molar-refractivity contribution in [1.29, 1.82) is 0 Å². The van der Waals surface area contributed by atoms with Gasteiger partial charge in [0.05, 0.1) is 23.5 Å². The number of aryl methyl sites for hydroxylation is 2. The van der Waals surface area contributed by atoms with Crippen LogP contribution in [0.25, 0.3) is 0 Å². The van der Waals surface area contributed by atoms with Gasteiger partial charge in [0.25, 0.3) is 0 Å². The fraction of sp³-hybridized carbons (Fsp3) is 0.400. The van der Waals surface area contributed by atoms with E-state index in [1.807, 2.05) is 36.7 Å². The van der Waals surface area contributed by atoms with E-state index in [0.29, 0.717) is 23.9 Å². The number of aromatic nitrogens is 2. The molecule has 0 saturated carbocycles. The van der Waals surface area contributed by atoms with Crippen LogP contribution >= 0.6 is 11.6 Å². The Kier molecular flexibility index (Phi) is 5.09. The van der Waals surface area contributed by atoms with Crippen molar-refractivity contribution in [2.24, 2.45) is 5.73 Å². The summed E-state index contributed by atoms with van der Waals surface area (Å²) in [5.74, 6) is 1.43. The highest BCUT2D eigenvalue weighted by Gasteiger charge is 2.14. The molecule has 21 heavy (non-hydrogen) atoms. The molecule has 0 atom stereocenters. The second-order valence-electron chi connectivity index (χ2n) is 4.63. The molecule has 0 saturated heterocycles. The molecule has 0 fully saturated rings. The zero-order valence-corrected chi connectivity index (χ0v) is 13.3. The third-order valence-corrected chi connectivity index (χ3v) is 3.80. The second-order valence-corrected chi connectivity index (χ2v) is 5.01. The first kappa shape index (κ1) is 15.7. The highest BCUT2D eigenvalue weighted by Crippen LogP contribution is 2.27. The number of rotatable bonds is 6. The van der Waals surface area contributed by atoms with Gasteiger partial charge in [-0.25, -0.2) is 0 Å². The van der Waals surface area contributed by atoms with Gasteiger partial charge in [-0.2, -0.15) is 5.10 Å². The van der Waals surface area contributed by atoms with E-state index in [1.165, 1.54) is 0 Å². The summed E-state index contributed by atoms with van der Waals surface area (Å²) in [4.78, 5) is 0. The molecule has 0 aliphatic carbocycles. The van der Waals surface area contributed by atoms with Crippen LogP contribution < -0.4 is 15.2 Å². The molecular weight excluding hydrogens is 290 g/mol. The highest BCUT2D eigenvalue weighted by atomic mass is 35.5. The third kappa shape index (κ3) is 3.31. The second kappa shape index (κ2) is 6.83. The molecule has 1 aromatic heterocycles. The Morgan fingerprint density at radius 3 is 2.76 bits per heavy atom. The van der Waals surface area contributed by atoms with Crippen molar-refractivity contribution in [2.45, 2.75) is 33.5 Å². The number of ether oxygens (including phenoxy) is 2. The summed E-state index contributed by atoms with van der Waals surface area (Å²) in [5, 5.41) is 5.02. The lowest BCUT2D eigenvalue weighted by Crippen LogP contribution is -2.08. The summed E-state index contributed by atoms with van der Waals surface area (Å²) in [6, 6.07) is 5.59. The molecule has 0 bridgehead atoms. The van der Waals surface area contributed by atoms with Gasteiger partial charge in [-0.3, -0.25) is 4.68 Å². The van der Waals surface area contributed by atoms with Crippen molar-refractivity contribution >= 4 is 11.6 Å². The minimum absolute atomic E-state index is 0.341. The summed E-state index contributed by atoms with van der Waals surface area (Å²) in [6.07, 6.45) is 0. The van der Waals surface area contributed by atoms with Crippen LogP contribution in [0.15, 0.2) is 18.2 Å². The Balaban J connectivity index is 2.23. The van der Waals surface area contributed by atoms with Gasteiger partial charge in [-0.15, -0.1) is 0 Å². The largest absolute Gasteiger partial charge is 0.497 e. The number of nitrogens with zero attached hydrogens (tertiary/aromatic N) is 2. The molecule has 0 amide bonds. The Hall–Kier alpha value is -1.72. The molecule has 2 N–H and O–H groups in total. The van der Waals surface area contributed by atoms with Crippen molar-refractivity contribution in [2.75, 3.05) is 7.11 Å². The van der Waals surface area contributed by atoms with E-state index in [2.05, 4.69) is 5.10 Å². The Labute approximate surface area is 129 Å². The fourth-order valence-electron chi connectivity index (χ4n) is 2.12. The van der Waals surface area contributed by atoms with Gasteiger partial charge < -0.3 is 15.2 Å². The summed E-state index contributed by atoms with van der Waals surface area (Å²) in [6.45, 7) is 5.39. The van der Waals surface area contributed by atoms with Gasteiger partial charge in [0.1, 0.15) is 18.1 Å². The normalized spacial score (nSPS) is 10.7. The first-order chi connectivity index (χ1) is 10.1. The zero-order chi connectivity index (χ0) is 15.4. The van der Waals surface area contributed by atoms with E-state index in [4.69, 9.17) is 26.8 Å². The molecule has 5 nitrogen and oxygen atoms in total. The molecule has 6 heteroatoms. The van der Waals surface area contributed by atoms with Crippen molar-refractivity contribution in [3.05, 3.63) is 40.2 Å². The molecule has 0 radical (unpaired) electrons. The molecule has 2 aromatic rings. The van der Waals surface area contributed by atoms with Crippen molar-refractivity contribution < 1.29 is 9.47 Å². The number of nitrogens with two attached hydrogens (primary N) is 1. The molecular formula is C15H20ClN3O2. The first-order valence-electron chi connectivity index (χ1n) is 6.82. The van der Waals surface area contributed by atoms with Crippen LogP contribution in [0.3, 0.4) is 0 Å². The molecule has 0 unspecified atom stereocenters. The van der Waals surface area contributed by atoms with Crippen LogP contribution in [-0.2, 0) is 19.7 Å². The van der Waals surface area contributed by atoms with Gasteiger partial charge in [0.2, 0.25) is 0 Å². The number of halogens is 1. The average molecular weight is 310 g/mol. The number of benzene rings is 1. The monoisotopic (exact) mass is 309 g/mol. The molecule has 0 aliphatic rings. The van der Waals surface area contributed by atoms with Crippen LogP contribution in [0.5, 0.6) is 11.5 Å². The third-order valence-electron chi connectivity index (χ3n) is 3.31. The van der Waals surface area contributed by atoms with E-state index in [9.17, 15) is 0 Å². The predicted molar refractivity (Wildman–Crippen MR) is 82.9 cm³/mol. The van der Waals surface area contributed by atoms with Gasteiger partial charge in [0, 0.05) is 24.7 Å². The van der Waals surface area contributed by atoms with E-state index >= 15 is 0 Å². The smallest absolute Gasteiger partial charge is 0.131 e. The fourth-order valence-corrected chi connectivity index (χ4v) is 2.31. The molecule has 0 spiro atoms.